The summed E-state index contributed by atoms with van der Waals surface area (Å²) in [7, 11) is 0. The SMILES string of the molecule is C#CCNC(=O)CCOCCOCCOCCOCCOCCOCCOCCN. The summed E-state index contributed by atoms with van der Waals surface area (Å²) in [6, 6.07) is 0. The summed E-state index contributed by atoms with van der Waals surface area (Å²) in [5.74, 6) is 2.22. The molecular weight excluding hydrogens is 396 g/mol. The van der Waals surface area contributed by atoms with E-state index in [2.05, 4.69) is 11.2 Å². The highest BCUT2D eigenvalue weighted by Gasteiger charge is 1.99. The van der Waals surface area contributed by atoms with Crippen LogP contribution in [-0.2, 0) is 38.0 Å². The lowest BCUT2D eigenvalue weighted by Crippen LogP contribution is -2.24. The Kier molecular flexibility index (Phi) is 24.6. The van der Waals surface area contributed by atoms with Gasteiger partial charge in [-0.2, -0.15) is 0 Å². The van der Waals surface area contributed by atoms with Gasteiger partial charge in [0.2, 0.25) is 5.91 Å². The van der Waals surface area contributed by atoms with E-state index in [1.807, 2.05) is 0 Å². The summed E-state index contributed by atoms with van der Waals surface area (Å²) in [5, 5.41) is 2.56. The van der Waals surface area contributed by atoms with E-state index >= 15 is 0 Å². The minimum atomic E-state index is -0.120. The normalized spacial score (nSPS) is 10.8. The lowest BCUT2D eigenvalue weighted by molar-refractivity contribution is -0.122. The Labute approximate surface area is 180 Å². The zero-order valence-corrected chi connectivity index (χ0v) is 17.9. The minimum Gasteiger partial charge on any atom is -0.379 e. The van der Waals surface area contributed by atoms with E-state index in [4.69, 9.17) is 45.3 Å². The van der Waals surface area contributed by atoms with Crippen molar-refractivity contribution in [2.75, 3.05) is 106 Å². The fraction of sp³-hybridized carbons (Fsp3) is 0.850. The van der Waals surface area contributed by atoms with Crippen molar-refractivity contribution in [1.29, 1.82) is 0 Å². The highest BCUT2D eigenvalue weighted by molar-refractivity contribution is 5.76. The first-order valence-electron chi connectivity index (χ1n) is 10.3. The zero-order valence-electron chi connectivity index (χ0n) is 17.9. The number of amides is 1. The summed E-state index contributed by atoms with van der Waals surface area (Å²) in [6.07, 6.45) is 5.33. The lowest BCUT2D eigenvalue weighted by atomic mass is 10.4. The topological polar surface area (TPSA) is 120 Å². The number of nitrogens with one attached hydrogen (secondary N) is 1. The maximum Gasteiger partial charge on any atom is 0.223 e. The van der Waals surface area contributed by atoms with Gasteiger partial charge < -0.3 is 44.2 Å². The first-order chi connectivity index (χ1) is 14.8. The molecule has 0 saturated carbocycles. The Hall–Kier alpha value is -1.29. The van der Waals surface area contributed by atoms with Crippen LogP contribution in [0, 0.1) is 12.3 Å². The molecule has 0 bridgehead atoms. The smallest absolute Gasteiger partial charge is 0.223 e. The molecule has 0 heterocycles. The molecule has 10 heteroatoms. The van der Waals surface area contributed by atoms with Crippen molar-refractivity contribution < 1.29 is 38.0 Å². The highest BCUT2D eigenvalue weighted by Crippen LogP contribution is 1.86. The molecule has 0 aliphatic heterocycles. The third kappa shape index (κ3) is 24.7. The zero-order chi connectivity index (χ0) is 22.0. The van der Waals surface area contributed by atoms with E-state index in [1.54, 1.807) is 0 Å². The van der Waals surface area contributed by atoms with Crippen LogP contribution >= 0.6 is 0 Å². The van der Waals surface area contributed by atoms with Crippen LogP contribution in [0.5, 0.6) is 0 Å². The summed E-state index contributed by atoms with van der Waals surface area (Å²) in [5.41, 5.74) is 5.30. The highest BCUT2D eigenvalue weighted by atomic mass is 16.6. The third-order valence-electron chi connectivity index (χ3n) is 3.36. The second kappa shape index (κ2) is 25.7. The van der Waals surface area contributed by atoms with E-state index in [1.165, 1.54) is 0 Å². The van der Waals surface area contributed by atoms with Crippen LogP contribution in [0.15, 0.2) is 0 Å². The molecule has 1 amide bonds. The van der Waals surface area contributed by atoms with Gasteiger partial charge in [0.1, 0.15) is 0 Å². The summed E-state index contributed by atoms with van der Waals surface area (Å²) in [6.45, 7) is 7.68. The Morgan fingerprint density at radius 2 is 0.967 bits per heavy atom. The monoisotopic (exact) mass is 434 g/mol. The van der Waals surface area contributed by atoms with E-state index in [0.717, 1.165) is 0 Å². The molecule has 0 fully saturated rings. The predicted molar refractivity (Wildman–Crippen MR) is 111 cm³/mol. The minimum absolute atomic E-state index is 0.120. The molecule has 0 rings (SSSR count). The van der Waals surface area contributed by atoms with Crippen LogP contribution in [0.2, 0.25) is 0 Å². The molecule has 10 nitrogen and oxygen atoms in total. The maximum absolute atomic E-state index is 11.2. The maximum atomic E-state index is 11.2. The van der Waals surface area contributed by atoms with Gasteiger partial charge in [-0.25, -0.2) is 0 Å². The molecule has 0 aliphatic rings. The van der Waals surface area contributed by atoms with Gasteiger partial charge >= 0.3 is 0 Å². The predicted octanol–water partition coefficient (Wildman–Crippen LogP) is -0.799. The summed E-state index contributed by atoms with van der Waals surface area (Å²) >= 11 is 0. The van der Waals surface area contributed by atoms with Crippen LogP contribution in [0.25, 0.3) is 0 Å². The van der Waals surface area contributed by atoms with Crippen molar-refractivity contribution in [3.8, 4) is 12.3 Å². The van der Waals surface area contributed by atoms with Crippen molar-refractivity contribution >= 4 is 5.91 Å². The van der Waals surface area contributed by atoms with Crippen LogP contribution in [0.4, 0.5) is 0 Å². The molecule has 0 aromatic heterocycles. The number of terminal acetylenes is 1. The quantitative estimate of drug-likeness (QED) is 0.149. The van der Waals surface area contributed by atoms with Crippen LogP contribution in [-0.4, -0.2) is 111 Å². The molecule has 0 atom stereocenters. The van der Waals surface area contributed by atoms with Gasteiger partial charge in [0, 0.05) is 13.0 Å². The van der Waals surface area contributed by atoms with Crippen molar-refractivity contribution in [3.05, 3.63) is 0 Å². The van der Waals surface area contributed by atoms with Gasteiger partial charge in [-0.05, 0) is 0 Å². The van der Waals surface area contributed by atoms with Gasteiger partial charge in [0.25, 0.3) is 0 Å². The Morgan fingerprint density at radius 3 is 1.30 bits per heavy atom. The Balaban J connectivity index is 3.05. The molecular formula is C20H38N2O8. The van der Waals surface area contributed by atoms with E-state index < -0.39 is 0 Å². The molecule has 0 unspecified atom stereocenters. The molecule has 3 N–H and O–H groups in total. The standard InChI is InChI=1S/C20H38N2O8/c1-2-5-22-20(23)3-6-24-8-10-26-12-14-28-16-18-30-19-17-29-15-13-27-11-9-25-7-4-21/h1H,3-19,21H2,(H,22,23). The molecule has 0 radical (unpaired) electrons. The first-order valence-corrected chi connectivity index (χ1v) is 10.3. The number of hydrogen-bond donors (Lipinski definition) is 2. The van der Waals surface area contributed by atoms with E-state index in [-0.39, 0.29) is 18.9 Å². The molecule has 0 saturated heterocycles. The van der Waals surface area contributed by atoms with Crippen molar-refractivity contribution in [2.45, 2.75) is 6.42 Å². The van der Waals surface area contributed by atoms with Crippen molar-refractivity contribution in [3.63, 3.8) is 0 Å². The molecule has 30 heavy (non-hydrogen) atoms. The fourth-order valence-corrected chi connectivity index (χ4v) is 1.91. The molecule has 0 aliphatic carbocycles. The average Bonchev–Trinajstić information content (AvgIpc) is 2.75. The number of carbonyl (C=O) groups is 1. The first kappa shape index (κ1) is 28.7. The Morgan fingerprint density at radius 1 is 0.633 bits per heavy atom. The number of hydrogen-bond acceptors (Lipinski definition) is 9. The lowest BCUT2D eigenvalue weighted by Gasteiger charge is -2.08. The van der Waals surface area contributed by atoms with E-state index in [9.17, 15) is 4.79 Å². The van der Waals surface area contributed by atoms with Crippen molar-refractivity contribution in [1.82, 2.24) is 5.32 Å². The molecule has 0 spiro atoms. The number of ether oxygens (including phenoxy) is 7. The largest absolute Gasteiger partial charge is 0.379 e. The number of rotatable bonds is 24. The second-order valence-electron chi connectivity index (χ2n) is 5.81. The fourth-order valence-electron chi connectivity index (χ4n) is 1.91. The average molecular weight is 435 g/mol. The van der Waals surface area contributed by atoms with Crippen LogP contribution in [0.3, 0.4) is 0 Å². The van der Waals surface area contributed by atoms with Gasteiger partial charge in [-0.3, -0.25) is 4.79 Å². The van der Waals surface area contributed by atoms with Gasteiger partial charge in [-0.1, -0.05) is 5.92 Å². The number of nitrogens with two attached hydrogens (primary N) is 1. The van der Waals surface area contributed by atoms with Crippen LogP contribution in [0.1, 0.15) is 6.42 Å². The summed E-state index contributed by atoms with van der Waals surface area (Å²) < 4.78 is 37.3. The molecule has 0 aromatic rings. The summed E-state index contributed by atoms with van der Waals surface area (Å²) in [4.78, 5) is 11.2. The number of carbonyl (C=O) groups excluding carboxylic acids is 1. The molecule has 176 valence electrons. The van der Waals surface area contributed by atoms with E-state index in [0.29, 0.717) is 99.0 Å². The molecule has 0 aromatic carbocycles. The Bertz CT molecular complexity index is 407. The van der Waals surface area contributed by atoms with Gasteiger partial charge in [0.15, 0.2) is 0 Å². The second-order valence-corrected chi connectivity index (χ2v) is 5.81. The van der Waals surface area contributed by atoms with Crippen LogP contribution < -0.4 is 11.1 Å². The van der Waals surface area contributed by atoms with Crippen molar-refractivity contribution in [2.24, 2.45) is 5.73 Å². The third-order valence-corrected chi connectivity index (χ3v) is 3.36. The van der Waals surface area contributed by atoms with Gasteiger partial charge in [0.05, 0.1) is 99.0 Å². The van der Waals surface area contributed by atoms with Gasteiger partial charge in [-0.15, -0.1) is 6.42 Å².